The Morgan fingerprint density at radius 3 is 2.07 bits per heavy atom. The van der Waals surface area contributed by atoms with E-state index < -0.39 is 18.5 Å². The lowest BCUT2D eigenvalue weighted by molar-refractivity contribution is -0.157. The van der Waals surface area contributed by atoms with Crippen molar-refractivity contribution in [3.05, 3.63) is 94.6 Å². The van der Waals surface area contributed by atoms with Crippen molar-refractivity contribution in [2.45, 2.75) is 92.6 Å². The highest BCUT2D eigenvalue weighted by atomic mass is 16.6. The van der Waals surface area contributed by atoms with Crippen LogP contribution in [0.2, 0.25) is 0 Å². The van der Waals surface area contributed by atoms with Crippen LogP contribution in [-0.2, 0) is 28.7 Å². The lowest BCUT2D eigenvalue weighted by Crippen LogP contribution is -2.29. The van der Waals surface area contributed by atoms with Crippen LogP contribution >= 0.6 is 0 Å². The second kappa shape index (κ2) is 17.6. The quantitative estimate of drug-likeness (QED) is 0.0782. The van der Waals surface area contributed by atoms with Crippen molar-refractivity contribution in [3.8, 4) is 22.3 Å². The molecule has 0 aliphatic carbocycles. The molecule has 3 rings (SSSR count). The topological polar surface area (TPSA) is 79.2 Å². The predicted octanol–water partition coefficient (Wildman–Crippen LogP) is 7.97. The molecule has 3 N–H and O–H groups in total. The van der Waals surface area contributed by atoms with Crippen LogP contribution in [0.3, 0.4) is 0 Å². The van der Waals surface area contributed by atoms with Gasteiger partial charge in [-0.2, -0.15) is 0 Å². The van der Waals surface area contributed by atoms with E-state index in [1.807, 2.05) is 0 Å². The van der Waals surface area contributed by atoms with E-state index >= 15 is 0 Å². The number of ether oxygens (including phenoxy) is 2. The first-order valence-electron chi connectivity index (χ1n) is 16.3. The smallest absolute Gasteiger partial charge is 0.176 e. The van der Waals surface area contributed by atoms with E-state index in [9.17, 15) is 15.3 Å². The lowest BCUT2D eigenvalue weighted by Gasteiger charge is -2.23. The summed E-state index contributed by atoms with van der Waals surface area (Å²) in [7, 11) is 0. The van der Waals surface area contributed by atoms with Gasteiger partial charge in [-0.05, 0) is 102 Å². The minimum absolute atomic E-state index is 0.109. The fourth-order valence-corrected chi connectivity index (χ4v) is 5.62. The van der Waals surface area contributed by atoms with Crippen molar-refractivity contribution >= 4 is 0 Å². The molecule has 3 aromatic carbocycles. The van der Waals surface area contributed by atoms with Crippen LogP contribution in [0.15, 0.2) is 66.7 Å². The van der Waals surface area contributed by atoms with Gasteiger partial charge < -0.3 is 24.8 Å². The van der Waals surface area contributed by atoms with Crippen molar-refractivity contribution in [1.29, 1.82) is 0 Å². The van der Waals surface area contributed by atoms with Crippen molar-refractivity contribution in [1.82, 2.24) is 0 Å². The third-order valence-corrected chi connectivity index (χ3v) is 8.49. The van der Waals surface area contributed by atoms with Gasteiger partial charge in [0.25, 0.3) is 0 Å². The minimum atomic E-state index is -1.07. The normalized spacial score (nSPS) is 14.3. The molecule has 0 aliphatic rings. The Hall–Kier alpha value is -2.80. The summed E-state index contributed by atoms with van der Waals surface area (Å²) in [5.74, 6) is -0.500. The van der Waals surface area contributed by atoms with Crippen LogP contribution in [0.5, 0.6) is 0 Å². The molecule has 0 aromatic heterocycles. The van der Waals surface area contributed by atoms with Gasteiger partial charge in [-0.15, -0.1) is 0 Å². The van der Waals surface area contributed by atoms with Crippen molar-refractivity contribution in [3.63, 3.8) is 0 Å². The third-order valence-electron chi connectivity index (χ3n) is 8.49. The minimum Gasteiger partial charge on any atom is -0.396 e. The summed E-state index contributed by atoms with van der Waals surface area (Å²) in [6.45, 7) is 16.3. The Labute approximate surface area is 265 Å². The third kappa shape index (κ3) is 10.1. The van der Waals surface area contributed by atoms with Crippen LogP contribution in [0.1, 0.15) is 74.8 Å². The van der Waals surface area contributed by atoms with Gasteiger partial charge in [0.1, 0.15) is 0 Å². The molecule has 0 heterocycles. The molecule has 0 saturated heterocycles. The summed E-state index contributed by atoms with van der Waals surface area (Å²) in [5, 5.41) is 29.7. The standard InChI is InChI=1S/C39H54O5/c1-8-10-11-12-33-14-15-35(22-32(33)9-2)37-18-16-34(20-28(37)6)36-17-13-30(19-27(36)5)21-31(24-43-38(41)26(3)4)25-44-39(42)29(7)23-40/h13-20,22,29,31,38-42H,3,8-12,21,23-25H2,1-2,4-7H3. The number of rotatable bonds is 18. The summed E-state index contributed by atoms with van der Waals surface area (Å²) in [4.78, 5) is 0. The monoisotopic (exact) mass is 602 g/mol. The molecule has 0 fully saturated rings. The molecule has 0 bridgehead atoms. The summed E-state index contributed by atoms with van der Waals surface area (Å²) >= 11 is 0. The highest BCUT2D eigenvalue weighted by Crippen LogP contribution is 2.32. The second-order valence-corrected chi connectivity index (χ2v) is 12.5. The molecule has 4 atom stereocenters. The van der Waals surface area contributed by atoms with E-state index in [2.05, 4.69) is 88.9 Å². The number of hydrogen-bond donors (Lipinski definition) is 3. The lowest BCUT2D eigenvalue weighted by atomic mass is 9.90. The first-order chi connectivity index (χ1) is 21.1. The summed E-state index contributed by atoms with van der Waals surface area (Å²) < 4.78 is 11.3. The SMILES string of the molecule is C=C(C)C(O)OCC(COC(O)C(C)CO)Cc1ccc(-c2ccc(-c3ccc(CCCCC)c(CC)c3)c(C)c2)c(C)c1. The Morgan fingerprint density at radius 1 is 0.818 bits per heavy atom. The highest BCUT2D eigenvalue weighted by molar-refractivity contribution is 5.75. The highest BCUT2D eigenvalue weighted by Gasteiger charge is 2.20. The Balaban J connectivity index is 1.77. The van der Waals surface area contributed by atoms with Crippen LogP contribution in [0.4, 0.5) is 0 Å². The molecule has 4 unspecified atom stereocenters. The molecule has 0 radical (unpaired) electrons. The van der Waals surface area contributed by atoms with Gasteiger partial charge in [-0.25, -0.2) is 0 Å². The van der Waals surface area contributed by atoms with Gasteiger partial charge in [0.15, 0.2) is 12.6 Å². The average Bonchev–Trinajstić information content (AvgIpc) is 3.01. The molecule has 3 aromatic rings. The molecule has 5 heteroatoms. The van der Waals surface area contributed by atoms with Gasteiger partial charge in [0.2, 0.25) is 0 Å². The molecular weight excluding hydrogens is 548 g/mol. The zero-order chi connectivity index (χ0) is 32.2. The van der Waals surface area contributed by atoms with E-state index in [1.54, 1.807) is 13.8 Å². The zero-order valence-electron chi connectivity index (χ0n) is 27.7. The Kier molecular flexibility index (Phi) is 14.3. The van der Waals surface area contributed by atoms with Crippen LogP contribution in [0.25, 0.3) is 22.3 Å². The fourth-order valence-electron chi connectivity index (χ4n) is 5.62. The summed E-state index contributed by atoms with van der Waals surface area (Å²) in [6.07, 6.45) is 4.52. The van der Waals surface area contributed by atoms with E-state index in [1.165, 1.54) is 63.8 Å². The maximum Gasteiger partial charge on any atom is 0.176 e. The number of unbranched alkanes of at least 4 members (excludes halogenated alkanes) is 2. The van der Waals surface area contributed by atoms with Crippen molar-refractivity contribution in [2.75, 3.05) is 19.8 Å². The van der Waals surface area contributed by atoms with Crippen LogP contribution in [-0.4, -0.2) is 47.7 Å². The van der Waals surface area contributed by atoms with Gasteiger partial charge in [-0.3, -0.25) is 0 Å². The predicted molar refractivity (Wildman–Crippen MR) is 182 cm³/mol. The fraction of sp³-hybridized carbons (Fsp3) is 0.487. The zero-order valence-corrected chi connectivity index (χ0v) is 27.7. The average molecular weight is 603 g/mol. The second-order valence-electron chi connectivity index (χ2n) is 12.5. The maximum absolute atomic E-state index is 10.2. The molecule has 240 valence electrons. The largest absolute Gasteiger partial charge is 0.396 e. The van der Waals surface area contributed by atoms with Crippen LogP contribution < -0.4 is 0 Å². The van der Waals surface area contributed by atoms with Gasteiger partial charge in [0, 0.05) is 11.8 Å². The Morgan fingerprint density at radius 2 is 1.45 bits per heavy atom. The maximum atomic E-state index is 10.2. The number of aliphatic hydroxyl groups is 3. The molecule has 5 nitrogen and oxygen atoms in total. The van der Waals surface area contributed by atoms with E-state index in [0.29, 0.717) is 12.0 Å². The Bertz CT molecular complexity index is 1350. The molecular formula is C39H54O5. The molecule has 0 spiro atoms. The van der Waals surface area contributed by atoms with E-state index in [4.69, 9.17) is 9.47 Å². The van der Waals surface area contributed by atoms with Gasteiger partial charge in [0.05, 0.1) is 19.8 Å². The van der Waals surface area contributed by atoms with E-state index in [-0.39, 0.29) is 25.7 Å². The summed E-state index contributed by atoms with van der Waals surface area (Å²) in [5.41, 5.74) is 12.0. The molecule has 0 amide bonds. The van der Waals surface area contributed by atoms with Crippen molar-refractivity contribution < 1.29 is 24.8 Å². The van der Waals surface area contributed by atoms with Gasteiger partial charge >= 0.3 is 0 Å². The van der Waals surface area contributed by atoms with E-state index in [0.717, 1.165) is 18.4 Å². The number of aliphatic hydroxyl groups excluding tert-OH is 3. The number of hydrogen-bond acceptors (Lipinski definition) is 5. The van der Waals surface area contributed by atoms with Crippen LogP contribution in [0, 0.1) is 25.7 Å². The first-order valence-corrected chi connectivity index (χ1v) is 16.3. The molecule has 44 heavy (non-hydrogen) atoms. The first kappa shape index (κ1) is 35.7. The van der Waals surface area contributed by atoms with Gasteiger partial charge in [-0.1, -0.05) is 94.8 Å². The van der Waals surface area contributed by atoms with Crippen molar-refractivity contribution in [2.24, 2.45) is 11.8 Å². The summed E-state index contributed by atoms with van der Waals surface area (Å²) in [6, 6.07) is 20.2. The molecule has 0 aliphatic heterocycles. The molecule has 0 saturated carbocycles. The number of benzene rings is 3. The number of aryl methyl sites for hydroxylation is 4.